The maximum Gasteiger partial charge on any atom is 0.335 e. The molecule has 2 aromatic carbocycles. The molecule has 0 radical (unpaired) electrons. The summed E-state index contributed by atoms with van der Waals surface area (Å²) < 4.78 is 6.64. The number of hydrogen-bond donors (Lipinski definition) is 1. The Morgan fingerprint density at radius 1 is 1.00 bits per heavy atom. The lowest BCUT2D eigenvalue weighted by Gasteiger charge is -2.42. The van der Waals surface area contributed by atoms with Crippen molar-refractivity contribution in [3.8, 4) is 5.75 Å². The smallest absolute Gasteiger partial charge is 0.335 e. The van der Waals surface area contributed by atoms with Crippen molar-refractivity contribution in [2.75, 3.05) is 0 Å². The van der Waals surface area contributed by atoms with Gasteiger partial charge in [0.2, 0.25) is 0 Å². The Balaban J connectivity index is 1.89. The minimum atomic E-state index is -0.934. The summed E-state index contributed by atoms with van der Waals surface area (Å²) in [6, 6.07) is 11.6. The van der Waals surface area contributed by atoms with Gasteiger partial charge in [-0.25, -0.2) is 4.79 Å². The van der Waals surface area contributed by atoms with Gasteiger partial charge in [-0.2, -0.15) is 0 Å². The molecule has 0 heterocycles. The average Bonchev–Trinajstić information content (AvgIpc) is 2.64. The number of ether oxygens (including phenoxy) is 1. The second-order valence-electron chi connectivity index (χ2n) is 8.90. The van der Waals surface area contributed by atoms with Gasteiger partial charge in [0.1, 0.15) is 5.75 Å². The zero-order valence-electron chi connectivity index (χ0n) is 17.1. The van der Waals surface area contributed by atoms with Crippen molar-refractivity contribution in [3.05, 3.63) is 68.5 Å². The number of carboxylic acid groups (broad SMARTS) is 1. The number of fused-ring (bicyclic) bond motifs is 1. The molecule has 0 spiro atoms. The molecule has 1 aliphatic rings. The number of hydrogen-bond acceptors (Lipinski definition) is 2. The Labute approximate surface area is 181 Å². The Morgan fingerprint density at radius 2 is 1.61 bits per heavy atom. The molecule has 0 atom stereocenters. The molecule has 0 aliphatic heterocycles. The van der Waals surface area contributed by atoms with Crippen LogP contribution in [0.3, 0.4) is 0 Å². The Bertz CT molecular complexity index is 954. The van der Waals surface area contributed by atoms with Gasteiger partial charge in [-0.15, -0.1) is 0 Å². The van der Waals surface area contributed by atoms with E-state index in [1.54, 1.807) is 24.5 Å². The fraction of sp³-hybridized carbons (Fsp3) is 0.375. The molecule has 0 saturated carbocycles. The van der Waals surface area contributed by atoms with E-state index < -0.39 is 5.97 Å². The van der Waals surface area contributed by atoms with Gasteiger partial charge < -0.3 is 9.84 Å². The fourth-order valence-corrected chi connectivity index (χ4v) is 4.43. The van der Waals surface area contributed by atoms with Gasteiger partial charge in [0, 0.05) is 0 Å². The summed E-state index contributed by atoms with van der Waals surface area (Å²) in [6.07, 6.45) is 4.14. The molecular formula is C24H27IO3. The standard InChI is InChI=1S/C24H27IO3/c1-15(14-28-21-9-7-17(22(26)27)13-20(21)25)16-6-8-18-19(12-16)24(4,5)11-10-23(18,2)3/h6-9,12-14H,10-11H2,1-5H3,(H,26,27)/b15-14+. The predicted molar refractivity (Wildman–Crippen MR) is 122 cm³/mol. The number of carboxylic acids is 1. The van der Waals surface area contributed by atoms with Crippen LogP contribution in [0.15, 0.2) is 42.7 Å². The highest BCUT2D eigenvalue weighted by molar-refractivity contribution is 14.1. The summed E-state index contributed by atoms with van der Waals surface area (Å²) in [6.45, 7) is 11.4. The third-order valence-corrected chi connectivity index (χ3v) is 6.69. The quantitative estimate of drug-likeness (QED) is 0.380. The molecule has 0 bridgehead atoms. The highest BCUT2D eigenvalue weighted by Gasteiger charge is 2.36. The number of carbonyl (C=O) groups is 1. The van der Waals surface area contributed by atoms with Gasteiger partial charge in [0.15, 0.2) is 0 Å². The van der Waals surface area contributed by atoms with Crippen molar-refractivity contribution in [1.29, 1.82) is 0 Å². The van der Waals surface area contributed by atoms with Crippen LogP contribution in [0.4, 0.5) is 0 Å². The SMILES string of the molecule is C/C(=C\Oc1ccc(C(=O)O)cc1I)c1ccc2c(c1)C(C)(C)CCC2(C)C. The van der Waals surface area contributed by atoms with Crippen LogP contribution in [0.2, 0.25) is 0 Å². The van der Waals surface area contributed by atoms with E-state index in [-0.39, 0.29) is 16.4 Å². The summed E-state index contributed by atoms with van der Waals surface area (Å²) in [7, 11) is 0. The van der Waals surface area contributed by atoms with Gasteiger partial charge in [-0.05, 0) is 93.6 Å². The Morgan fingerprint density at radius 3 is 2.21 bits per heavy atom. The van der Waals surface area contributed by atoms with Gasteiger partial charge >= 0.3 is 5.97 Å². The van der Waals surface area contributed by atoms with Gasteiger partial charge in [0.05, 0.1) is 15.4 Å². The van der Waals surface area contributed by atoms with Crippen LogP contribution < -0.4 is 4.74 Å². The van der Waals surface area contributed by atoms with E-state index >= 15 is 0 Å². The zero-order valence-corrected chi connectivity index (χ0v) is 19.3. The van der Waals surface area contributed by atoms with Crippen molar-refractivity contribution >= 4 is 34.1 Å². The molecule has 2 aromatic rings. The van der Waals surface area contributed by atoms with Crippen LogP contribution in [0.1, 0.15) is 74.5 Å². The van der Waals surface area contributed by atoms with E-state index in [1.165, 1.54) is 24.0 Å². The molecule has 1 N–H and O–H groups in total. The maximum absolute atomic E-state index is 11.1. The number of allylic oxidation sites excluding steroid dienone is 1. The maximum atomic E-state index is 11.1. The first-order chi connectivity index (χ1) is 13.0. The highest BCUT2D eigenvalue weighted by atomic mass is 127. The molecule has 148 valence electrons. The van der Waals surface area contributed by atoms with E-state index in [1.807, 2.05) is 6.92 Å². The first-order valence-electron chi connectivity index (χ1n) is 9.53. The Hall–Kier alpha value is -1.82. The van der Waals surface area contributed by atoms with Crippen molar-refractivity contribution < 1.29 is 14.6 Å². The van der Waals surface area contributed by atoms with Crippen LogP contribution in [-0.4, -0.2) is 11.1 Å². The predicted octanol–water partition coefficient (Wildman–Crippen LogP) is 6.78. The fourth-order valence-electron chi connectivity index (χ4n) is 3.78. The largest absolute Gasteiger partial charge is 0.478 e. The first kappa shape index (κ1) is 20.9. The molecule has 28 heavy (non-hydrogen) atoms. The van der Waals surface area contributed by atoms with Crippen molar-refractivity contribution in [2.45, 2.75) is 58.3 Å². The summed E-state index contributed by atoms with van der Waals surface area (Å²) in [5.41, 5.74) is 5.71. The monoisotopic (exact) mass is 490 g/mol. The minimum absolute atomic E-state index is 0.171. The van der Waals surface area contributed by atoms with E-state index in [0.717, 1.165) is 14.7 Å². The lowest BCUT2D eigenvalue weighted by atomic mass is 9.63. The van der Waals surface area contributed by atoms with Crippen LogP contribution in [-0.2, 0) is 10.8 Å². The lowest BCUT2D eigenvalue weighted by Crippen LogP contribution is -2.33. The molecule has 0 fully saturated rings. The molecule has 0 amide bonds. The van der Waals surface area contributed by atoms with Crippen LogP contribution in [0, 0.1) is 3.57 Å². The van der Waals surface area contributed by atoms with E-state index in [9.17, 15) is 4.79 Å². The molecular weight excluding hydrogens is 463 g/mol. The molecule has 4 heteroatoms. The highest BCUT2D eigenvalue weighted by Crippen LogP contribution is 2.46. The summed E-state index contributed by atoms with van der Waals surface area (Å²) >= 11 is 2.10. The number of rotatable bonds is 4. The summed E-state index contributed by atoms with van der Waals surface area (Å²) in [5, 5.41) is 9.09. The van der Waals surface area contributed by atoms with Gasteiger partial charge in [-0.1, -0.05) is 45.9 Å². The van der Waals surface area contributed by atoms with Gasteiger partial charge in [0.25, 0.3) is 0 Å². The number of benzene rings is 2. The van der Waals surface area contributed by atoms with Crippen LogP contribution in [0.5, 0.6) is 5.75 Å². The Kier molecular flexibility index (Phi) is 5.63. The molecule has 0 aromatic heterocycles. The molecule has 0 saturated heterocycles. The minimum Gasteiger partial charge on any atom is -0.478 e. The number of halogens is 1. The third-order valence-electron chi connectivity index (χ3n) is 5.85. The first-order valence-corrected chi connectivity index (χ1v) is 10.6. The van der Waals surface area contributed by atoms with E-state index in [2.05, 4.69) is 68.5 Å². The van der Waals surface area contributed by atoms with Crippen molar-refractivity contribution in [1.82, 2.24) is 0 Å². The molecule has 3 nitrogen and oxygen atoms in total. The van der Waals surface area contributed by atoms with E-state index in [4.69, 9.17) is 9.84 Å². The lowest BCUT2D eigenvalue weighted by molar-refractivity contribution is 0.0697. The molecule has 3 rings (SSSR count). The normalized spacial score (nSPS) is 17.7. The zero-order chi connectivity index (χ0) is 20.7. The second kappa shape index (κ2) is 7.54. The molecule has 1 aliphatic carbocycles. The summed E-state index contributed by atoms with van der Waals surface area (Å²) in [5.74, 6) is -0.278. The van der Waals surface area contributed by atoms with Crippen LogP contribution >= 0.6 is 22.6 Å². The summed E-state index contributed by atoms with van der Waals surface area (Å²) in [4.78, 5) is 11.1. The van der Waals surface area contributed by atoms with Crippen molar-refractivity contribution in [2.24, 2.45) is 0 Å². The second-order valence-corrected chi connectivity index (χ2v) is 10.1. The van der Waals surface area contributed by atoms with Crippen LogP contribution in [0.25, 0.3) is 5.57 Å². The van der Waals surface area contributed by atoms with E-state index in [0.29, 0.717) is 5.75 Å². The van der Waals surface area contributed by atoms with Crippen molar-refractivity contribution in [3.63, 3.8) is 0 Å². The topological polar surface area (TPSA) is 46.5 Å². The van der Waals surface area contributed by atoms with Gasteiger partial charge in [-0.3, -0.25) is 0 Å². The third kappa shape index (κ3) is 4.12. The molecule has 0 unspecified atom stereocenters. The average molecular weight is 490 g/mol. The number of aromatic carboxylic acids is 1.